The Balaban J connectivity index is 2.10. The maximum Gasteiger partial charge on any atom is 0.326 e. The summed E-state index contributed by atoms with van der Waals surface area (Å²) < 4.78 is 0.914. The fraction of sp³-hybridized carbons (Fsp3) is 0.438. The van der Waals surface area contributed by atoms with Gasteiger partial charge in [-0.25, -0.2) is 4.79 Å². The minimum absolute atomic E-state index is 0.0851. The van der Waals surface area contributed by atoms with Gasteiger partial charge in [-0.1, -0.05) is 18.2 Å². The molecule has 8 heteroatoms. The molecule has 1 aromatic carbocycles. The number of halogens is 1. The zero-order valence-electron chi connectivity index (χ0n) is 13.1. The summed E-state index contributed by atoms with van der Waals surface area (Å²) in [4.78, 5) is 36.8. The molecule has 0 spiro atoms. The fourth-order valence-electron chi connectivity index (χ4n) is 2.76. The molecule has 0 saturated carbocycles. The Bertz CT molecular complexity index is 651. The predicted molar refractivity (Wildman–Crippen MR) is 94.2 cm³/mol. The minimum atomic E-state index is -1.14. The van der Waals surface area contributed by atoms with Gasteiger partial charge in [0, 0.05) is 29.9 Å². The number of hydrogen-bond acceptors (Lipinski definition) is 4. The van der Waals surface area contributed by atoms with Crippen LogP contribution in [0.4, 0.5) is 0 Å². The maximum absolute atomic E-state index is 12.4. The number of aliphatic hydroxyl groups excluding tert-OH is 1. The smallest absolute Gasteiger partial charge is 0.326 e. The van der Waals surface area contributed by atoms with Crippen LogP contribution >= 0.6 is 22.6 Å². The second-order valence-corrected chi connectivity index (χ2v) is 6.93. The van der Waals surface area contributed by atoms with Crippen LogP contribution in [0.5, 0.6) is 0 Å². The van der Waals surface area contributed by atoms with Crippen LogP contribution in [0.3, 0.4) is 0 Å². The van der Waals surface area contributed by atoms with Gasteiger partial charge in [-0.3, -0.25) is 9.59 Å². The maximum atomic E-state index is 12.4. The molecular weight excluding hydrogens is 427 g/mol. The van der Waals surface area contributed by atoms with Gasteiger partial charge in [-0.15, -0.1) is 0 Å². The lowest BCUT2D eigenvalue weighted by molar-refractivity contribution is -0.143. The highest BCUT2D eigenvalue weighted by Gasteiger charge is 2.38. The molecule has 3 N–H and O–H groups in total. The van der Waals surface area contributed by atoms with E-state index in [0.717, 1.165) is 9.13 Å². The van der Waals surface area contributed by atoms with Crippen LogP contribution in [0.15, 0.2) is 24.3 Å². The quantitative estimate of drug-likeness (QED) is 0.568. The van der Waals surface area contributed by atoms with Gasteiger partial charge in [0.2, 0.25) is 11.8 Å². The normalized spacial score (nSPS) is 21.4. The Labute approximate surface area is 153 Å². The van der Waals surface area contributed by atoms with E-state index in [4.69, 9.17) is 0 Å². The second-order valence-electron chi connectivity index (χ2n) is 5.77. The summed E-state index contributed by atoms with van der Waals surface area (Å²) >= 11 is 2.11. The first-order valence-corrected chi connectivity index (χ1v) is 8.59. The van der Waals surface area contributed by atoms with Gasteiger partial charge in [0.25, 0.3) is 0 Å². The fourth-order valence-corrected chi connectivity index (χ4v) is 3.37. The van der Waals surface area contributed by atoms with Gasteiger partial charge in [0.1, 0.15) is 12.1 Å². The number of carboxylic acids is 1. The summed E-state index contributed by atoms with van der Waals surface area (Å²) in [6.07, 6.45) is -0.515. The lowest BCUT2D eigenvalue weighted by Gasteiger charge is -2.24. The molecule has 7 nitrogen and oxygen atoms in total. The van der Waals surface area contributed by atoms with E-state index in [1.165, 1.54) is 11.8 Å². The van der Waals surface area contributed by atoms with Crippen LogP contribution in [-0.2, 0) is 20.8 Å². The van der Waals surface area contributed by atoms with Gasteiger partial charge in [-0.05, 0) is 34.2 Å². The molecule has 0 bridgehead atoms. The molecular formula is C16H19IN2O5. The molecule has 24 heavy (non-hydrogen) atoms. The molecule has 1 fully saturated rings. The summed E-state index contributed by atoms with van der Waals surface area (Å²) in [6, 6.07) is 5.40. The van der Waals surface area contributed by atoms with Gasteiger partial charge in [0.05, 0.1) is 6.10 Å². The van der Waals surface area contributed by atoms with Crippen LogP contribution in [0.2, 0.25) is 0 Å². The Morgan fingerprint density at radius 1 is 1.38 bits per heavy atom. The number of β-amino-alcohol motifs (C(OH)–C–C–N with tert-alkyl or cyclic N) is 1. The molecule has 0 unspecified atom stereocenters. The summed E-state index contributed by atoms with van der Waals surface area (Å²) in [7, 11) is 0. The number of benzene rings is 1. The highest BCUT2D eigenvalue weighted by Crippen LogP contribution is 2.19. The van der Waals surface area contributed by atoms with Crippen molar-refractivity contribution in [2.24, 2.45) is 0 Å². The third-order valence-corrected chi connectivity index (χ3v) is 5.03. The first kappa shape index (κ1) is 18.7. The van der Waals surface area contributed by atoms with Crippen molar-refractivity contribution in [2.45, 2.75) is 38.0 Å². The van der Waals surface area contributed by atoms with Gasteiger partial charge < -0.3 is 20.4 Å². The zero-order chi connectivity index (χ0) is 17.9. The van der Waals surface area contributed by atoms with E-state index >= 15 is 0 Å². The summed E-state index contributed by atoms with van der Waals surface area (Å²) in [5.74, 6) is -2.02. The summed E-state index contributed by atoms with van der Waals surface area (Å²) in [6.45, 7) is 1.40. The predicted octanol–water partition coefficient (Wildman–Crippen LogP) is 0.385. The molecule has 0 aliphatic carbocycles. The van der Waals surface area contributed by atoms with E-state index in [0.29, 0.717) is 0 Å². The van der Waals surface area contributed by atoms with Crippen molar-refractivity contribution in [2.75, 3.05) is 6.54 Å². The van der Waals surface area contributed by atoms with E-state index < -0.39 is 30.1 Å². The topological polar surface area (TPSA) is 107 Å². The monoisotopic (exact) mass is 446 g/mol. The molecule has 2 rings (SSSR count). The second kappa shape index (κ2) is 7.93. The number of likely N-dealkylation sites (tertiary alicyclic amines) is 1. The van der Waals surface area contributed by atoms with Crippen molar-refractivity contribution in [1.82, 2.24) is 10.2 Å². The van der Waals surface area contributed by atoms with E-state index in [1.807, 2.05) is 24.3 Å². The molecule has 2 amide bonds. The number of carbonyl (C=O) groups excluding carboxylic acids is 2. The number of amides is 2. The van der Waals surface area contributed by atoms with E-state index in [2.05, 4.69) is 27.9 Å². The number of hydrogen-bond donors (Lipinski definition) is 3. The first-order valence-electron chi connectivity index (χ1n) is 7.51. The average molecular weight is 446 g/mol. The lowest BCUT2D eigenvalue weighted by atomic mass is 10.1. The minimum Gasteiger partial charge on any atom is -0.480 e. The molecule has 130 valence electrons. The Morgan fingerprint density at radius 2 is 2.04 bits per heavy atom. The number of carbonyl (C=O) groups is 3. The van der Waals surface area contributed by atoms with Crippen molar-refractivity contribution in [1.29, 1.82) is 0 Å². The Hall–Kier alpha value is -1.68. The highest BCUT2D eigenvalue weighted by molar-refractivity contribution is 14.1. The average Bonchev–Trinajstić information content (AvgIpc) is 2.91. The van der Waals surface area contributed by atoms with E-state index in [-0.39, 0.29) is 25.3 Å². The molecule has 1 saturated heterocycles. The van der Waals surface area contributed by atoms with Crippen molar-refractivity contribution in [3.63, 3.8) is 0 Å². The van der Waals surface area contributed by atoms with Crippen molar-refractivity contribution >= 4 is 40.4 Å². The molecule has 0 radical (unpaired) electrons. The molecule has 1 heterocycles. The molecule has 0 aromatic heterocycles. The third-order valence-electron chi connectivity index (χ3n) is 3.98. The number of rotatable bonds is 5. The summed E-state index contributed by atoms with van der Waals surface area (Å²) in [5.41, 5.74) is 0.820. The number of carboxylic acid groups (broad SMARTS) is 1. The molecule has 3 atom stereocenters. The standard InChI is InChI=1S/C16H19IN2O5/c1-9(20)19-8-11(21)7-14(19)15(22)18-13(16(23)24)6-10-4-2-3-5-12(10)17/h2-5,11,13-14,21H,6-8H2,1H3,(H,18,22)(H,23,24)/t11-,13-,14+/m1/s1. The van der Waals surface area contributed by atoms with E-state index in [9.17, 15) is 24.6 Å². The Morgan fingerprint density at radius 3 is 2.62 bits per heavy atom. The Kier molecular flexibility index (Phi) is 6.16. The molecule has 1 aliphatic heterocycles. The zero-order valence-corrected chi connectivity index (χ0v) is 15.3. The van der Waals surface area contributed by atoms with E-state index in [1.54, 1.807) is 0 Å². The SMILES string of the molecule is CC(=O)N1C[C@H](O)C[C@H]1C(=O)N[C@H](Cc1ccccc1I)C(=O)O. The summed E-state index contributed by atoms with van der Waals surface area (Å²) in [5, 5.41) is 21.6. The largest absolute Gasteiger partial charge is 0.480 e. The number of aliphatic carboxylic acids is 1. The third kappa shape index (κ3) is 4.44. The lowest BCUT2D eigenvalue weighted by Crippen LogP contribution is -2.51. The number of aliphatic hydroxyl groups is 1. The molecule has 1 aliphatic rings. The van der Waals surface area contributed by atoms with Crippen molar-refractivity contribution < 1.29 is 24.6 Å². The molecule has 1 aromatic rings. The number of nitrogens with zero attached hydrogens (tertiary/aromatic N) is 1. The van der Waals surface area contributed by atoms with Crippen LogP contribution < -0.4 is 5.32 Å². The van der Waals surface area contributed by atoms with Gasteiger partial charge in [0.15, 0.2) is 0 Å². The van der Waals surface area contributed by atoms with Crippen LogP contribution in [0.25, 0.3) is 0 Å². The highest BCUT2D eigenvalue weighted by atomic mass is 127. The van der Waals surface area contributed by atoms with Crippen LogP contribution in [0, 0.1) is 3.57 Å². The van der Waals surface area contributed by atoms with Gasteiger partial charge in [-0.2, -0.15) is 0 Å². The van der Waals surface area contributed by atoms with Crippen LogP contribution in [0.1, 0.15) is 18.9 Å². The van der Waals surface area contributed by atoms with Crippen LogP contribution in [-0.4, -0.2) is 57.6 Å². The number of nitrogens with one attached hydrogen (secondary N) is 1. The van der Waals surface area contributed by atoms with Crippen molar-refractivity contribution in [3.8, 4) is 0 Å². The van der Waals surface area contributed by atoms with Crippen molar-refractivity contribution in [3.05, 3.63) is 33.4 Å². The first-order chi connectivity index (χ1) is 11.3. The van der Waals surface area contributed by atoms with Gasteiger partial charge >= 0.3 is 5.97 Å².